The van der Waals surface area contributed by atoms with E-state index in [4.69, 9.17) is 18.0 Å². The van der Waals surface area contributed by atoms with Crippen molar-refractivity contribution >= 4 is 17.2 Å². The number of rotatable bonds is 4. The number of thiocarbonyl (C=S) groups is 1. The van der Waals surface area contributed by atoms with E-state index < -0.39 is 0 Å². The minimum atomic E-state index is 0.489. The molecule has 0 radical (unpaired) electrons. The second kappa shape index (κ2) is 4.15. The molecule has 14 heavy (non-hydrogen) atoms. The molecule has 1 saturated carbocycles. The van der Waals surface area contributed by atoms with E-state index in [9.17, 15) is 0 Å². The zero-order chi connectivity index (χ0) is 10.0. The maximum absolute atomic E-state index is 5.64. The third-order valence-electron chi connectivity index (χ3n) is 3.51. The summed E-state index contributed by atoms with van der Waals surface area (Å²) in [6.45, 7) is 3.82. The van der Waals surface area contributed by atoms with Crippen LogP contribution in [0.5, 0.6) is 0 Å². The second-order valence-electron chi connectivity index (χ2n) is 4.98. The van der Waals surface area contributed by atoms with Gasteiger partial charge in [0.1, 0.15) is 0 Å². The molecule has 2 N–H and O–H groups in total. The number of hydrogen-bond acceptors (Lipinski definition) is 2. The Bertz CT molecular complexity index is 217. The molecule has 2 fully saturated rings. The van der Waals surface area contributed by atoms with Gasteiger partial charge in [-0.05, 0) is 44.2 Å². The van der Waals surface area contributed by atoms with Gasteiger partial charge in [-0.2, -0.15) is 0 Å². The first-order valence-corrected chi connectivity index (χ1v) is 6.12. The van der Waals surface area contributed by atoms with Crippen molar-refractivity contribution < 1.29 is 0 Å². The van der Waals surface area contributed by atoms with Crippen LogP contribution in [0.15, 0.2) is 0 Å². The molecule has 0 aromatic rings. The molecule has 3 heteroatoms. The Kier molecular flexibility index (Phi) is 3.07. The van der Waals surface area contributed by atoms with Crippen molar-refractivity contribution in [3.63, 3.8) is 0 Å². The summed E-state index contributed by atoms with van der Waals surface area (Å²) >= 11 is 5.01. The molecule has 0 amide bonds. The lowest BCUT2D eigenvalue weighted by atomic mass is 10.00. The average Bonchev–Trinajstić information content (AvgIpc) is 2.85. The van der Waals surface area contributed by atoms with Crippen molar-refractivity contribution in [3.8, 4) is 0 Å². The van der Waals surface area contributed by atoms with Crippen LogP contribution in [0.4, 0.5) is 0 Å². The molecule has 2 rings (SSSR count). The van der Waals surface area contributed by atoms with Crippen LogP contribution in [0.25, 0.3) is 0 Å². The molecule has 1 aliphatic heterocycles. The maximum Gasteiger partial charge on any atom is 0.0733 e. The van der Waals surface area contributed by atoms with Gasteiger partial charge in [-0.3, -0.25) is 0 Å². The molecule has 2 nitrogen and oxygen atoms in total. The zero-order valence-electron chi connectivity index (χ0n) is 8.80. The predicted molar refractivity (Wildman–Crippen MR) is 63.4 cm³/mol. The molecule has 0 aromatic carbocycles. The van der Waals surface area contributed by atoms with E-state index in [1.54, 1.807) is 0 Å². The van der Waals surface area contributed by atoms with Crippen LogP contribution in [0.3, 0.4) is 0 Å². The van der Waals surface area contributed by atoms with Crippen molar-refractivity contribution in [3.05, 3.63) is 0 Å². The topological polar surface area (TPSA) is 29.3 Å². The maximum atomic E-state index is 5.64. The Morgan fingerprint density at radius 1 is 1.21 bits per heavy atom. The molecule has 0 bridgehead atoms. The Morgan fingerprint density at radius 3 is 2.36 bits per heavy atom. The van der Waals surface area contributed by atoms with Gasteiger partial charge >= 0.3 is 0 Å². The summed E-state index contributed by atoms with van der Waals surface area (Å²) in [6, 6.07) is 0. The largest absolute Gasteiger partial charge is 0.393 e. The molecule has 1 heterocycles. The molecule has 0 unspecified atom stereocenters. The van der Waals surface area contributed by atoms with Gasteiger partial charge in [-0.1, -0.05) is 18.6 Å². The minimum absolute atomic E-state index is 0.489. The third kappa shape index (κ3) is 2.67. The van der Waals surface area contributed by atoms with E-state index in [2.05, 4.69) is 4.90 Å². The highest BCUT2D eigenvalue weighted by Crippen LogP contribution is 2.49. The van der Waals surface area contributed by atoms with Gasteiger partial charge < -0.3 is 10.6 Å². The zero-order valence-corrected chi connectivity index (χ0v) is 9.61. The summed E-state index contributed by atoms with van der Waals surface area (Å²) in [5.74, 6) is 0. The molecular weight excluding hydrogens is 192 g/mol. The lowest BCUT2D eigenvalue weighted by Crippen LogP contribution is -2.36. The number of nitrogens with two attached hydrogens (primary N) is 1. The van der Waals surface area contributed by atoms with Gasteiger partial charge in [0.2, 0.25) is 0 Å². The van der Waals surface area contributed by atoms with E-state index in [0.29, 0.717) is 10.4 Å². The normalized spacial score (nSPS) is 26.0. The summed E-state index contributed by atoms with van der Waals surface area (Å²) in [6.07, 6.45) is 7.81. The lowest BCUT2D eigenvalue weighted by Gasteiger charge is -2.30. The van der Waals surface area contributed by atoms with Crippen LogP contribution < -0.4 is 5.73 Å². The van der Waals surface area contributed by atoms with Crippen LogP contribution in [0.1, 0.15) is 38.5 Å². The number of piperidine rings is 1. The van der Waals surface area contributed by atoms with E-state index in [1.807, 2.05) is 0 Å². The van der Waals surface area contributed by atoms with Gasteiger partial charge in [0.15, 0.2) is 0 Å². The minimum Gasteiger partial charge on any atom is -0.393 e. The highest BCUT2D eigenvalue weighted by molar-refractivity contribution is 7.80. The van der Waals surface area contributed by atoms with Gasteiger partial charge in [0.25, 0.3) is 0 Å². The fraction of sp³-hybridized carbons (Fsp3) is 0.909. The molecule has 0 aromatic heterocycles. The predicted octanol–water partition coefficient (Wildman–Crippen LogP) is 1.93. The second-order valence-corrected chi connectivity index (χ2v) is 5.50. The van der Waals surface area contributed by atoms with Crippen LogP contribution >= 0.6 is 12.2 Å². The molecule has 0 spiro atoms. The lowest BCUT2D eigenvalue weighted by molar-refractivity contribution is 0.188. The summed E-state index contributed by atoms with van der Waals surface area (Å²) in [5.41, 5.74) is 6.13. The molecule has 1 aliphatic carbocycles. The van der Waals surface area contributed by atoms with Crippen molar-refractivity contribution in [1.29, 1.82) is 0 Å². The first-order chi connectivity index (χ1) is 6.70. The molecule has 0 atom stereocenters. The summed E-state index contributed by atoms with van der Waals surface area (Å²) in [4.78, 5) is 3.31. The Labute approximate surface area is 91.8 Å². The van der Waals surface area contributed by atoms with Crippen LogP contribution in [-0.2, 0) is 0 Å². The molecule has 1 saturated heterocycles. The summed E-state index contributed by atoms with van der Waals surface area (Å²) in [7, 11) is 0. The van der Waals surface area contributed by atoms with Crippen molar-refractivity contribution in [2.45, 2.75) is 38.5 Å². The van der Waals surface area contributed by atoms with Crippen LogP contribution in [0.2, 0.25) is 0 Å². The quantitative estimate of drug-likeness (QED) is 0.722. The van der Waals surface area contributed by atoms with Crippen LogP contribution in [0, 0.1) is 5.41 Å². The Balaban J connectivity index is 1.80. The average molecular weight is 212 g/mol. The van der Waals surface area contributed by atoms with Gasteiger partial charge in [0.05, 0.1) is 4.99 Å². The number of nitrogens with zero attached hydrogens (tertiary/aromatic N) is 1. The smallest absolute Gasteiger partial charge is 0.0733 e. The van der Waals surface area contributed by atoms with E-state index in [0.717, 1.165) is 6.42 Å². The molecular formula is C11H20N2S. The molecule has 80 valence electrons. The Morgan fingerprint density at radius 2 is 1.86 bits per heavy atom. The first-order valence-electron chi connectivity index (χ1n) is 5.71. The highest BCUT2D eigenvalue weighted by atomic mass is 32.1. The van der Waals surface area contributed by atoms with Crippen molar-refractivity contribution in [2.75, 3.05) is 19.6 Å². The van der Waals surface area contributed by atoms with Crippen molar-refractivity contribution in [2.24, 2.45) is 11.1 Å². The SMILES string of the molecule is NC(=S)CC1(CN2CCCCC2)CC1. The number of hydrogen-bond donors (Lipinski definition) is 1. The standard InChI is InChI=1S/C11H20N2S/c12-10(14)8-11(4-5-11)9-13-6-2-1-3-7-13/h1-9H2,(H2,12,14). The first kappa shape index (κ1) is 10.4. The number of likely N-dealkylation sites (tertiary alicyclic amines) is 1. The fourth-order valence-corrected chi connectivity index (χ4v) is 2.84. The van der Waals surface area contributed by atoms with Crippen molar-refractivity contribution in [1.82, 2.24) is 4.90 Å². The fourth-order valence-electron chi connectivity index (χ4n) is 2.53. The summed E-state index contributed by atoms with van der Waals surface area (Å²) in [5, 5.41) is 0. The van der Waals surface area contributed by atoms with E-state index >= 15 is 0 Å². The van der Waals surface area contributed by atoms with Gasteiger partial charge in [-0.25, -0.2) is 0 Å². The highest BCUT2D eigenvalue weighted by Gasteiger charge is 2.44. The van der Waals surface area contributed by atoms with Gasteiger partial charge in [-0.15, -0.1) is 0 Å². The molecule has 2 aliphatic rings. The van der Waals surface area contributed by atoms with E-state index in [-0.39, 0.29) is 0 Å². The monoisotopic (exact) mass is 212 g/mol. The van der Waals surface area contributed by atoms with Gasteiger partial charge in [0, 0.05) is 13.0 Å². The Hall–Kier alpha value is -0.150. The summed E-state index contributed by atoms with van der Waals surface area (Å²) < 4.78 is 0. The van der Waals surface area contributed by atoms with Crippen LogP contribution in [-0.4, -0.2) is 29.5 Å². The van der Waals surface area contributed by atoms with E-state index in [1.165, 1.54) is 51.7 Å². The third-order valence-corrected chi connectivity index (χ3v) is 3.66.